The summed E-state index contributed by atoms with van der Waals surface area (Å²) in [5.41, 5.74) is 1.17. The zero-order valence-electron chi connectivity index (χ0n) is 19.0. The number of carbonyl (C=O) groups excluding carboxylic acids is 1. The molecule has 8 heteroatoms. The number of hydrogen-bond acceptors (Lipinski definition) is 3. The van der Waals surface area contributed by atoms with Crippen LogP contribution in [-0.4, -0.2) is 30.6 Å². The van der Waals surface area contributed by atoms with E-state index in [1.165, 1.54) is 24.3 Å². The maximum atomic E-state index is 13.7. The lowest BCUT2D eigenvalue weighted by Gasteiger charge is -2.35. The Kier molecular flexibility index (Phi) is 7.19. The first-order chi connectivity index (χ1) is 16.8. The third-order valence-electron chi connectivity index (χ3n) is 5.93. The van der Waals surface area contributed by atoms with Crippen molar-refractivity contribution in [2.24, 2.45) is 4.99 Å². The molecule has 0 N–H and O–H groups in total. The molecule has 182 valence electrons. The van der Waals surface area contributed by atoms with Crippen LogP contribution in [0.5, 0.6) is 5.75 Å². The van der Waals surface area contributed by atoms with Crippen LogP contribution in [0.1, 0.15) is 47.2 Å². The van der Waals surface area contributed by atoms with E-state index in [0.29, 0.717) is 36.3 Å². The molecule has 3 aromatic carbocycles. The summed E-state index contributed by atoms with van der Waals surface area (Å²) >= 11 is 0. The first kappa shape index (κ1) is 24.4. The molecule has 1 saturated heterocycles. The first-order valence-corrected chi connectivity index (χ1v) is 11.2. The van der Waals surface area contributed by atoms with Gasteiger partial charge in [-0.1, -0.05) is 24.3 Å². The number of rotatable bonds is 7. The highest BCUT2D eigenvalue weighted by Crippen LogP contribution is 2.41. The van der Waals surface area contributed by atoms with Crippen LogP contribution >= 0.6 is 0 Å². The van der Waals surface area contributed by atoms with E-state index < -0.39 is 29.7 Å². The number of carbonyl (C=O) groups is 1. The van der Waals surface area contributed by atoms with Crippen LogP contribution in [0.3, 0.4) is 0 Å². The van der Waals surface area contributed by atoms with Crippen molar-refractivity contribution in [1.82, 2.24) is 4.90 Å². The molecule has 3 aromatic rings. The lowest BCUT2D eigenvalue weighted by molar-refractivity contribution is -0.137. The van der Waals surface area contributed by atoms with Crippen molar-refractivity contribution < 1.29 is 27.1 Å². The second-order valence-corrected chi connectivity index (χ2v) is 8.30. The van der Waals surface area contributed by atoms with Crippen LogP contribution in [0, 0.1) is 5.82 Å². The van der Waals surface area contributed by atoms with Crippen molar-refractivity contribution in [2.45, 2.75) is 31.2 Å². The molecule has 0 saturated carbocycles. The van der Waals surface area contributed by atoms with Gasteiger partial charge in [0.2, 0.25) is 5.91 Å². The molecule has 0 aliphatic carbocycles. The second kappa shape index (κ2) is 10.3. The smallest absolute Gasteiger partial charge is 0.416 e. The van der Waals surface area contributed by atoms with Gasteiger partial charge in [-0.15, -0.1) is 0 Å². The van der Waals surface area contributed by atoms with Crippen LogP contribution in [0.15, 0.2) is 77.8 Å². The molecule has 1 aliphatic heterocycles. The number of ether oxygens (including phenoxy) is 1. The molecule has 1 unspecified atom stereocenters. The molecule has 0 spiro atoms. The Hall–Kier alpha value is -3.68. The topological polar surface area (TPSA) is 41.9 Å². The molecule has 1 fully saturated rings. The van der Waals surface area contributed by atoms with E-state index in [2.05, 4.69) is 4.99 Å². The number of amides is 1. The van der Waals surface area contributed by atoms with E-state index in [9.17, 15) is 22.4 Å². The van der Waals surface area contributed by atoms with E-state index in [4.69, 9.17) is 4.74 Å². The first-order valence-electron chi connectivity index (χ1n) is 11.2. The Bertz CT molecular complexity index is 1170. The maximum Gasteiger partial charge on any atom is 0.416 e. The minimum atomic E-state index is -4.48. The predicted octanol–water partition coefficient (Wildman–Crippen LogP) is 6.38. The highest BCUT2D eigenvalue weighted by molar-refractivity contribution is 5.79. The van der Waals surface area contributed by atoms with Gasteiger partial charge in [0, 0.05) is 26.2 Å². The van der Waals surface area contributed by atoms with Gasteiger partial charge < -0.3 is 9.64 Å². The van der Waals surface area contributed by atoms with Crippen molar-refractivity contribution in [2.75, 3.05) is 13.6 Å². The fourth-order valence-electron chi connectivity index (χ4n) is 4.25. The van der Waals surface area contributed by atoms with E-state index in [-0.39, 0.29) is 5.91 Å². The Morgan fingerprint density at radius 1 is 0.943 bits per heavy atom. The molecule has 4 nitrogen and oxygen atoms in total. The molecular formula is C27H24F4N2O2. The Morgan fingerprint density at radius 2 is 1.57 bits per heavy atom. The van der Waals surface area contributed by atoms with E-state index in [0.717, 1.165) is 17.7 Å². The van der Waals surface area contributed by atoms with E-state index in [1.807, 2.05) is 0 Å². The molecule has 0 bridgehead atoms. The molecule has 35 heavy (non-hydrogen) atoms. The quantitative estimate of drug-likeness (QED) is 0.289. The molecule has 1 aliphatic rings. The summed E-state index contributed by atoms with van der Waals surface area (Å²) in [5.74, 6) is -0.0447. The summed E-state index contributed by atoms with van der Waals surface area (Å²) in [7, 11) is 1.66. The van der Waals surface area contributed by atoms with Gasteiger partial charge in [0.15, 0.2) is 0 Å². The zero-order chi connectivity index (χ0) is 25.0. The number of nitrogens with zero attached hydrogens (tertiary/aromatic N) is 2. The third kappa shape index (κ3) is 5.70. The molecular weight excluding hydrogens is 460 g/mol. The van der Waals surface area contributed by atoms with Crippen molar-refractivity contribution in [3.05, 3.63) is 101 Å². The fraction of sp³-hybridized carbons (Fsp3) is 0.259. The Morgan fingerprint density at radius 3 is 2.11 bits per heavy atom. The Labute approximate surface area is 200 Å². The molecule has 2 atom stereocenters. The zero-order valence-corrected chi connectivity index (χ0v) is 19.0. The lowest BCUT2D eigenvalue weighted by Crippen LogP contribution is -2.36. The van der Waals surface area contributed by atoms with E-state index >= 15 is 0 Å². The van der Waals surface area contributed by atoms with Crippen LogP contribution in [0.4, 0.5) is 17.6 Å². The normalized spacial score (nSPS) is 16.0. The van der Waals surface area contributed by atoms with Crippen molar-refractivity contribution in [3.63, 3.8) is 0 Å². The van der Waals surface area contributed by atoms with E-state index in [1.54, 1.807) is 54.6 Å². The van der Waals surface area contributed by atoms with Crippen molar-refractivity contribution in [1.29, 1.82) is 0 Å². The number of alkyl halides is 3. The van der Waals surface area contributed by atoms with Gasteiger partial charge in [-0.2, -0.15) is 13.2 Å². The number of aliphatic imine (C=N–C) groups is 1. The highest BCUT2D eigenvalue weighted by atomic mass is 19.4. The largest absolute Gasteiger partial charge is 0.483 e. The summed E-state index contributed by atoms with van der Waals surface area (Å²) in [6, 6.07) is 16.9. The van der Waals surface area contributed by atoms with Gasteiger partial charge in [-0.05, 0) is 71.6 Å². The van der Waals surface area contributed by atoms with Gasteiger partial charge in [0.1, 0.15) is 17.7 Å². The third-order valence-corrected chi connectivity index (χ3v) is 5.93. The molecule has 1 amide bonds. The Balaban J connectivity index is 1.79. The van der Waals surface area contributed by atoms with Crippen LogP contribution < -0.4 is 4.74 Å². The average molecular weight is 484 g/mol. The summed E-state index contributed by atoms with van der Waals surface area (Å²) < 4.78 is 59.6. The van der Waals surface area contributed by atoms with Gasteiger partial charge in [0.25, 0.3) is 0 Å². The summed E-state index contributed by atoms with van der Waals surface area (Å²) in [5, 5.41) is 0. The van der Waals surface area contributed by atoms with Crippen LogP contribution in [-0.2, 0) is 11.0 Å². The molecule has 0 radical (unpaired) electrons. The van der Waals surface area contributed by atoms with Gasteiger partial charge in [-0.25, -0.2) is 4.39 Å². The van der Waals surface area contributed by atoms with Crippen molar-refractivity contribution >= 4 is 12.1 Å². The monoisotopic (exact) mass is 484 g/mol. The summed E-state index contributed by atoms with van der Waals surface area (Å²) in [4.78, 5) is 18.4. The standard InChI is InChI=1S/C27H24F4N2O2/c1-32-17-18-4-14-23(15-5-18)35-26(20-6-10-21(11-7-20)27(29,30)31)25(33-16-2-3-24(33)34)19-8-12-22(28)13-9-19/h4-15,17,25-26H,2-3,16H2,1H3/t25?,26-/m0/s1. The fourth-order valence-corrected chi connectivity index (χ4v) is 4.25. The highest BCUT2D eigenvalue weighted by Gasteiger charge is 2.38. The summed E-state index contributed by atoms with van der Waals surface area (Å²) in [6.07, 6.45) is -2.62. The minimum absolute atomic E-state index is 0.0886. The van der Waals surface area contributed by atoms with Crippen molar-refractivity contribution in [3.8, 4) is 5.75 Å². The summed E-state index contributed by atoms with van der Waals surface area (Å²) in [6.45, 7) is 0.466. The predicted molar refractivity (Wildman–Crippen MR) is 125 cm³/mol. The maximum absolute atomic E-state index is 13.7. The second-order valence-electron chi connectivity index (χ2n) is 8.30. The number of hydrogen-bond donors (Lipinski definition) is 0. The van der Waals surface area contributed by atoms with Crippen LogP contribution in [0.25, 0.3) is 0 Å². The van der Waals surface area contributed by atoms with Crippen LogP contribution in [0.2, 0.25) is 0 Å². The van der Waals surface area contributed by atoms with Gasteiger partial charge in [-0.3, -0.25) is 9.79 Å². The number of halogens is 4. The minimum Gasteiger partial charge on any atom is -0.483 e. The number of benzene rings is 3. The molecule has 4 rings (SSSR count). The molecule has 1 heterocycles. The number of likely N-dealkylation sites (tertiary alicyclic amines) is 1. The average Bonchev–Trinajstić information content (AvgIpc) is 3.26. The van der Waals surface area contributed by atoms with Gasteiger partial charge in [0.05, 0.1) is 11.6 Å². The lowest BCUT2D eigenvalue weighted by atomic mass is 9.93. The SMILES string of the molecule is CN=Cc1ccc(O[C@@H](c2ccc(C(F)(F)F)cc2)C(c2ccc(F)cc2)N2CCCC2=O)cc1. The van der Waals surface area contributed by atoms with Gasteiger partial charge >= 0.3 is 6.18 Å². The molecule has 0 aromatic heterocycles.